The molecule has 0 bridgehead atoms. The summed E-state index contributed by atoms with van der Waals surface area (Å²) in [6.07, 6.45) is 3.17. The van der Waals surface area contributed by atoms with Gasteiger partial charge in [0.15, 0.2) is 0 Å². The van der Waals surface area contributed by atoms with Crippen molar-refractivity contribution in [2.24, 2.45) is 5.92 Å². The zero-order chi connectivity index (χ0) is 15.0. The Morgan fingerprint density at radius 1 is 1.24 bits per heavy atom. The maximum absolute atomic E-state index is 12.9. The maximum Gasteiger partial charge on any atom is 0.308 e. The third-order valence-electron chi connectivity index (χ3n) is 4.61. The van der Waals surface area contributed by atoms with Gasteiger partial charge in [-0.05, 0) is 43.4 Å². The Hall–Kier alpha value is -1.36. The minimum Gasteiger partial charge on any atom is -0.481 e. The summed E-state index contributed by atoms with van der Waals surface area (Å²) < 4.78 is 0.999. The molecule has 4 nitrogen and oxygen atoms in total. The molecule has 0 aromatic heterocycles. The van der Waals surface area contributed by atoms with Crippen LogP contribution in [-0.2, 0) is 15.0 Å². The van der Waals surface area contributed by atoms with Crippen LogP contribution >= 0.6 is 15.9 Å². The normalized spacial score (nSPS) is 23.7. The molecule has 0 radical (unpaired) electrons. The molecule has 21 heavy (non-hydrogen) atoms. The topological polar surface area (TPSA) is 57.6 Å². The fourth-order valence-electron chi connectivity index (χ4n) is 3.19. The van der Waals surface area contributed by atoms with E-state index in [4.69, 9.17) is 5.11 Å². The number of likely N-dealkylation sites (tertiary alicyclic amines) is 1. The van der Waals surface area contributed by atoms with Crippen molar-refractivity contribution in [2.75, 3.05) is 13.1 Å². The first-order valence-corrected chi connectivity index (χ1v) is 8.10. The van der Waals surface area contributed by atoms with Crippen LogP contribution < -0.4 is 0 Å². The molecular formula is C16H18BrNO3. The van der Waals surface area contributed by atoms with E-state index in [2.05, 4.69) is 15.9 Å². The summed E-state index contributed by atoms with van der Waals surface area (Å²) >= 11 is 3.41. The number of hydrogen-bond donors (Lipinski definition) is 1. The number of benzene rings is 1. The molecule has 1 aliphatic carbocycles. The smallest absolute Gasteiger partial charge is 0.308 e. The van der Waals surface area contributed by atoms with E-state index < -0.39 is 17.3 Å². The summed E-state index contributed by atoms with van der Waals surface area (Å²) in [6, 6.07) is 7.90. The predicted molar refractivity (Wildman–Crippen MR) is 82.0 cm³/mol. The number of amides is 1. The van der Waals surface area contributed by atoms with Gasteiger partial charge in [0.05, 0.1) is 11.3 Å². The van der Waals surface area contributed by atoms with Gasteiger partial charge in [-0.15, -0.1) is 0 Å². The lowest BCUT2D eigenvalue weighted by molar-refractivity contribution is -0.146. The van der Waals surface area contributed by atoms with Crippen LogP contribution in [0.5, 0.6) is 0 Å². The molecule has 2 fully saturated rings. The molecule has 1 amide bonds. The average molecular weight is 352 g/mol. The molecule has 0 unspecified atom stereocenters. The largest absolute Gasteiger partial charge is 0.481 e. The summed E-state index contributed by atoms with van der Waals surface area (Å²) in [5.74, 6) is -1.10. The highest BCUT2D eigenvalue weighted by atomic mass is 79.9. The van der Waals surface area contributed by atoms with Gasteiger partial charge in [0.2, 0.25) is 5.91 Å². The maximum atomic E-state index is 12.9. The number of rotatable bonds is 3. The number of carboxylic acid groups (broad SMARTS) is 1. The van der Waals surface area contributed by atoms with Crippen molar-refractivity contribution in [3.05, 3.63) is 34.3 Å². The second-order valence-corrected chi connectivity index (χ2v) is 6.93. The Morgan fingerprint density at radius 2 is 1.90 bits per heavy atom. The SMILES string of the molecule is O=C(O)[C@H]1CCCN(C(=O)C2(c3ccc(Br)cc3)CC2)C1. The van der Waals surface area contributed by atoms with Crippen molar-refractivity contribution >= 4 is 27.8 Å². The molecule has 2 aliphatic rings. The molecule has 1 saturated carbocycles. The third-order valence-corrected chi connectivity index (χ3v) is 5.14. The zero-order valence-corrected chi connectivity index (χ0v) is 13.3. The molecule has 1 aromatic rings. The molecule has 1 N–H and O–H groups in total. The highest BCUT2D eigenvalue weighted by molar-refractivity contribution is 9.10. The van der Waals surface area contributed by atoms with Crippen LogP contribution in [0.4, 0.5) is 0 Å². The van der Waals surface area contributed by atoms with Gasteiger partial charge in [0, 0.05) is 17.6 Å². The van der Waals surface area contributed by atoms with E-state index in [-0.39, 0.29) is 5.91 Å². The van der Waals surface area contributed by atoms with Crippen LogP contribution in [0.15, 0.2) is 28.7 Å². The van der Waals surface area contributed by atoms with Crippen LogP contribution in [0.2, 0.25) is 0 Å². The molecule has 1 aliphatic heterocycles. The second-order valence-electron chi connectivity index (χ2n) is 6.02. The van der Waals surface area contributed by atoms with Crippen LogP contribution in [0, 0.1) is 5.92 Å². The van der Waals surface area contributed by atoms with E-state index in [1.165, 1.54) is 0 Å². The lowest BCUT2D eigenvalue weighted by Gasteiger charge is -2.33. The molecule has 112 valence electrons. The van der Waals surface area contributed by atoms with E-state index in [0.717, 1.165) is 29.3 Å². The van der Waals surface area contributed by atoms with Gasteiger partial charge in [-0.1, -0.05) is 28.1 Å². The van der Waals surface area contributed by atoms with Crippen LogP contribution in [-0.4, -0.2) is 35.0 Å². The lowest BCUT2D eigenvalue weighted by atomic mass is 9.91. The van der Waals surface area contributed by atoms with E-state index in [1.54, 1.807) is 4.90 Å². The number of carboxylic acids is 1. The molecule has 1 heterocycles. The van der Waals surface area contributed by atoms with Gasteiger partial charge in [0.1, 0.15) is 0 Å². The molecule has 0 spiro atoms. The number of hydrogen-bond acceptors (Lipinski definition) is 2. The van der Waals surface area contributed by atoms with E-state index in [9.17, 15) is 9.59 Å². The number of carbonyl (C=O) groups is 2. The lowest BCUT2D eigenvalue weighted by Crippen LogP contribution is -2.46. The Balaban J connectivity index is 1.78. The second kappa shape index (κ2) is 5.44. The Kier molecular flexibility index (Phi) is 3.78. The molecule has 1 aromatic carbocycles. The quantitative estimate of drug-likeness (QED) is 0.910. The van der Waals surface area contributed by atoms with Gasteiger partial charge in [-0.25, -0.2) is 0 Å². The van der Waals surface area contributed by atoms with Crippen molar-refractivity contribution in [1.29, 1.82) is 0 Å². The van der Waals surface area contributed by atoms with Crippen molar-refractivity contribution < 1.29 is 14.7 Å². The summed E-state index contributed by atoms with van der Waals surface area (Å²) in [4.78, 5) is 25.8. The molecular weight excluding hydrogens is 334 g/mol. The van der Waals surface area contributed by atoms with Gasteiger partial charge < -0.3 is 10.0 Å². The minimum absolute atomic E-state index is 0.107. The molecule has 5 heteroatoms. The first-order valence-electron chi connectivity index (χ1n) is 7.31. The van der Waals surface area contributed by atoms with Crippen LogP contribution in [0.1, 0.15) is 31.2 Å². The number of carbonyl (C=O) groups excluding carboxylic acids is 1. The summed E-state index contributed by atoms with van der Waals surface area (Å²) in [6.45, 7) is 1.04. The predicted octanol–water partition coefficient (Wildman–Crippen LogP) is 2.80. The monoisotopic (exact) mass is 351 g/mol. The first kappa shape index (κ1) is 14.6. The standard InChI is InChI=1S/C16H18BrNO3/c17-13-5-3-12(4-6-13)16(7-8-16)15(21)18-9-1-2-11(10-18)14(19)20/h3-6,11H,1-2,7-10H2,(H,19,20)/t11-/m0/s1. The third kappa shape index (κ3) is 2.71. The Labute approximate surface area is 132 Å². The van der Waals surface area contributed by atoms with E-state index in [1.807, 2.05) is 24.3 Å². The average Bonchev–Trinajstić information content (AvgIpc) is 3.29. The fraction of sp³-hybridized carbons (Fsp3) is 0.500. The number of piperidine rings is 1. The Bertz CT molecular complexity index is 565. The first-order chi connectivity index (χ1) is 10.0. The van der Waals surface area contributed by atoms with Gasteiger partial charge in [0.25, 0.3) is 0 Å². The highest BCUT2D eigenvalue weighted by Crippen LogP contribution is 2.50. The van der Waals surface area contributed by atoms with Crippen LogP contribution in [0.25, 0.3) is 0 Å². The number of nitrogens with zero attached hydrogens (tertiary/aromatic N) is 1. The molecule has 3 rings (SSSR count). The van der Waals surface area contributed by atoms with Crippen molar-refractivity contribution in [3.8, 4) is 0 Å². The van der Waals surface area contributed by atoms with Crippen molar-refractivity contribution in [1.82, 2.24) is 4.90 Å². The van der Waals surface area contributed by atoms with E-state index >= 15 is 0 Å². The van der Waals surface area contributed by atoms with Crippen molar-refractivity contribution in [3.63, 3.8) is 0 Å². The summed E-state index contributed by atoms with van der Waals surface area (Å²) in [5, 5.41) is 9.16. The van der Waals surface area contributed by atoms with Crippen LogP contribution in [0.3, 0.4) is 0 Å². The number of aliphatic carboxylic acids is 1. The molecule has 1 atom stereocenters. The van der Waals surface area contributed by atoms with Crippen molar-refractivity contribution in [2.45, 2.75) is 31.1 Å². The summed E-state index contributed by atoms with van der Waals surface area (Å²) in [5.41, 5.74) is 0.648. The van der Waals surface area contributed by atoms with Gasteiger partial charge in [-0.2, -0.15) is 0 Å². The minimum atomic E-state index is -0.791. The van der Waals surface area contributed by atoms with Gasteiger partial charge in [-0.3, -0.25) is 9.59 Å². The highest BCUT2D eigenvalue weighted by Gasteiger charge is 2.53. The number of halogens is 1. The summed E-state index contributed by atoms with van der Waals surface area (Å²) in [7, 11) is 0. The zero-order valence-electron chi connectivity index (χ0n) is 11.7. The Morgan fingerprint density at radius 3 is 2.48 bits per heavy atom. The van der Waals surface area contributed by atoms with E-state index in [0.29, 0.717) is 19.5 Å². The van der Waals surface area contributed by atoms with Gasteiger partial charge >= 0.3 is 5.97 Å². The molecule has 1 saturated heterocycles. The fourth-order valence-corrected chi connectivity index (χ4v) is 3.45.